The zero-order valence-corrected chi connectivity index (χ0v) is 13.9. The lowest BCUT2D eigenvalue weighted by molar-refractivity contribution is -0.137. The first-order valence-electron chi connectivity index (χ1n) is 8.10. The Morgan fingerprint density at radius 2 is 1.80 bits per heavy atom. The molecule has 1 aliphatic heterocycles. The molecule has 1 heterocycles. The van der Waals surface area contributed by atoms with Gasteiger partial charge >= 0.3 is 6.18 Å². The second-order valence-corrected chi connectivity index (χ2v) is 5.89. The van der Waals surface area contributed by atoms with Crippen molar-refractivity contribution in [2.75, 3.05) is 31.2 Å². The van der Waals surface area contributed by atoms with E-state index >= 15 is 0 Å². The van der Waals surface area contributed by atoms with E-state index in [9.17, 15) is 22.8 Å². The molecule has 1 aliphatic rings. The van der Waals surface area contributed by atoms with Crippen molar-refractivity contribution in [1.82, 2.24) is 5.32 Å². The number of nitrogens with one attached hydrogen (secondary N) is 1. The van der Waals surface area contributed by atoms with Crippen LogP contribution in [0.1, 0.15) is 25.3 Å². The van der Waals surface area contributed by atoms with Crippen LogP contribution in [0.3, 0.4) is 0 Å². The summed E-state index contributed by atoms with van der Waals surface area (Å²) in [5.41, 5.74) is -0.409. The molecule has 0 spiro atoms. The third-order valence-corrected chi connectivity index (χ3v) is 4.11. The number of benzene rings is 1. The van der Waals surface area contributed by atoms with Crippen LogP contribution in [0.2, 0.25) is 0 Å². The van der Waals surface area contributed by atoms with Gasteiger partial charge in [0.25, 0.3) is 0 Å². The maximum Gasteiger partial charge on any atom is 0.416 e. The Labute approximate surface area is 144 Å². The highest BCUT2D eigenvalue weighted by Crippen LogP contribution is 2.30. The van der Waals surface area contributed by atoms with E-state index in [1.165, 1.54) is 24.0 Å². The summed E-state index contributed by atoms with van der Waals surface area (Å²) in [6.45, 7) is 2.87. The summed E-state index contributed by atoms with van der Waals surface area (Å²) in [6, 6.07) is 4.38. The zero-order valence-electron chi connectivity index (χ0n) is 13.9. The fraction of sp³-hybridized carbons (Fsp3) is 0.529. The topological polar surface area (TPSA) is 58.6 Å². The van der Waals surface area contributed by atoms with E-state index in [0.717, 1.165) is 12.1 Å². The molecular weight excluding hydrogens is 337 g/mol. The predicted octanol–water partition coefficient (Wildman–Crippen LogP) is 2.60. The smallest absolute Gasteiger partial charge is 0.381 e. The van der Waals surface area contributed by atoms with E-state index in [2.05, 4.69) is 5.32 Å². The van der Waals surface area contributed by atoms with Crippen molar-refractivity contribution >= 4 is 17.5 Å². The predicted molar refractivity (Wildman–Crippen MR) is 86.0 cm³/mol. The Morgan fingerprint density at radius 3 is 2.32 bits per heavy atom. The summed E-state index contributed by atoms with van der Waals surface area (Å²) >= 11 is 0. The molecule has 0 aliphatic carbocycles. The van der Waals surface area contributed by atoms with Crippen LogP contribution in [0, 0.1) is 5.92 Å². The van der Waals surface area contributed by atoms with Crippen molar-refractivity contribution in [1.29, 1.82) is 0 Å². The first kappa shape index (κ1) is 19.2. The molecule has 0 unspecified atom stereocenters. The first-order valence-corrected chi connectivity index (χ1v) is 8.10. The number of alkyl halides is 3. The van der Waals surface area contributed by atoms with Gasteiger partial charge in [-0.3, -0.25) is 9.59 Å². The third kappa shape index (κ3) is 5.45. The van der Waals surface area contributed by atoms with Crippen LogP contribution >= 0.6 is 0 Å². The molecule has 8 heteroatoms. The Kier molecular flexibility index (Phi) is 6.41. The van der Waals surface area contributed by atoms with Crippen LogP contribution < -0.4 is 10.2 Å². The SMILES string of the molecule is CC(=O)N(CCNC(=O)C1CCOCC1)c1ccc(C(F)(F)F)cc1. The van der Waals surface area contributed by atoms with Crippen LogP contribution in [0.5, 0.6) is 0 Å². The Balaban J connectivity index is 1.92. The number of hydrogen-bond donors (Lipinski definition) is 1. The monoisotopic (exact) mass is 358 g/mol. The normalized spacial score (nSPS) is 15.7. The van der Waals surface area contributed by atoms with E-state index in [1.54, 1.807) is 0 Å². The molecule has 1 N–H and O–H groups in total. The number of rotatable bonds is 5. The fourth-order valence-corrected chi connectivity index (χ4v) is 2.69. The highest BCUT2D eigenvalue weighted by atomic mass is 19.4. The molecule has 0 saturated carbocycles. The molecule has 5 nitrogen and oxygen atoms in total. The number of anilines is 1. The van der Waals surface area contributed by atoms with Crippen molar-refractivity contribution in [3.05, 3.63) is 29.8 Å². The van der Waals surface area contributed by atoms with Gasteiger partial charge in [0.15, 0.2) is 0 Å². The standard InChI is InChI=1S/C17H21F3N2O3/c1-12(23)22(15-4-2-14(3-5-15)17(18,19)20)9-8-21-16(24)13-6-10-25-11-7-13/h2-5,13H,6-11H2,1H3,(H,21,24). The second kappa shape index (κ2) is 8.33. The number of carbonyl (C=O) groups excluding carboxylic acids is 2. The van der Waals surface area contributed by atoms with Crippen LogP contribution in [0.4, 0.5) is 18.9 Å². The molecule has 25 heavy (non-hydrogen) atoms. The average Bonchev–Trinajstić information content (AvgIpc) is 2.58. The fourth-order valence-electron chi connectivity index (χ4n) is 2.69. The minimum Gasteiger partial charge on any atom is -0.381 e. The molecule has 1 aromatic carbocycles. The molecular formula is C17H21F3N2O3. The first-order chi connectivity index (χ1) is 11.8. The molecule has 2 rings (SSSR count). The summed E-state index contributed by atoms with van der Waals surface area (Å²) in [5, 5.41) is 2.77. The van der Waals surface area contributed by atoms with E-state index in [4.69, 9.17) is 4.74 Å². The van der Waals surface area contributed by atoms with Gasteiger partial charge in [0.1, 0.15) is 0 Å². The number of ether oxygens (including phenoxy) is 1. The van der Waals surface area contributed by atoms with Crippen LogP contribution in [-0.2, 0) is 20.5 Å². The minimum absolute atomic E-state index is 0.0841. The zero-order chi connectivity index (χ0) is 18.4. The van der Waals surface area contributed by atoms with Crippen molar-refractivity contribution in [2.24, 2.45) is 5.92 Å². The largest absolute Gasteiger partial charge is 0.416 e. The minimum atomic E-state index is -4.42. The van der Waals surface area contributed by atoms with Gasteiger partial charge in [-0.1, -0.05) is 0 Å². The van der Waals surface area contributed by atoms with Gasteiger partial charge in [-0.15, -0.1) is 0 Å². The highest BCUT2D eigenvalue weighted by molar-refractivity contribution is 5.91. The number of carbonyl (C=O) groups is 2. The molecule has 1 aromatic rings. The lowest BCUT2D eigenvalue weighted by Gasteiger charge is -2.24. The number of nitrogens with zero attached hydrogens (tertiary/aromatic N) is 1. The molecule has 0 radical (unpaired) electrons. The van der Waals surface area contributed by atoms with Crippen LogP contribution in [0.15, 0.2) is 24.3 Å². The van der Waals surface area contributed by atoms with Gasteiger partial charge in [-0.05, 0) is 37.1 Å². The second-order valence-electron chi connectivity index (χ2n) is 5.89. The van der Waals surface area contributed by atoms with Crippen molar-refractivity contribution in [3.63, 3.8) is 0 Å². The molecule has 1 saturated heterocycles. The van der Waals surface area contributed by atoms with Crippen molar-refractivity contribution < 1.29 is 27.5 Å². The molecule has 0 aromatic heterocycles. The number of halogens is 3. The van der Waals surface area contributed by atoms with E-state index in [-0.39, 0.29) is 30.8 Å². The lowest BCUT2D eigenvalue weighted by Crippen LogP contribution is -2.40. The number of hydrogen-bond acceptors (Lipinski definition) is 3. The quantitative estimate of drug-likeness (QED) is 0.880. The van der Waals surface area contributed by atoms with E-state index < -0.39 is 11.7 Å². The summed E-state index contributed by atoms with van der Waals surface area (Å²) in [5.74, 6) is -0.482. The lowest BCUT2D eigenvalue weighted by atomic mass is 9.99. The average molecular weight is 358 g/mol. The number of amides is 2. The molecule has 138 valence electrons. The molecule has 2 amide bonds. The van der Waals surface area contributed by atoms with Gasteiger partial charge in [0.05, 0.1) is 5.56 Å². The maximum atomic E-state index is 12.6. The van der Waals surface area contributed by atoms with E-state index in [0.29, 0.717) is 31.7 Å². The van der Waals surface area contributed by atoms with Gasteiger partial charge < -0.3 is 15.0 Å². The summed E-state index contributed by atoms with van der Waals surface area (Å²) in [7, 11) is 0. The maximum absolute atomic E-state index is 12.6. The van der Waals surface area contributed by atoms with Crippen LogP contribution in [0.25, 0.3) is 0 Å². The van der Waals surface area contributed by atoms with Gasteiger partial charge in [0, 0.05) is 44.8 Å². The van der Waals surface area contributed by atoms with Gasteiger partial charge in [0.2, 0.25) is 11.8 Å². The summed E-state index contributed by atoms with van der Waals surface area (Å²) in [6.07, 6.45) is -3.08. The summed E-state index contributed by atoms with van der Waals surface area (Å²) < 4.78 is 43.0. The Hall–Kier alpha value is -2.09. The Bertz CT molecular complexity index is 596. The van der Waals surface area contributed by atoms with Crippen molar-refractivity contribution in [3.8, 4) is 0 Å². The molecule has 0 bridgehead atoms. The van der Waals surface area contributed by atoms with Gasteiger partial charge in [-0.2, -0.15) is 13.2 Å². The Morgan fingerprint density at radius 1 is 1.20 bits per heavy atom. The molecule has 1 fully saturated rings. The van der Waals surface area contributed by atoms with Crippen molar-refractivity contribution in [2.45, 2.75) is 25.9 Å². The van der Waals surface area contributed by atoms with Crippen LogP contribution in [-0.4, -0.2) is 38.1 Å². The van der Waals surface area contributed by atoms with Gasteiger partial charge in [-0.25, -0.2) is 0 Å². The van der Waals surface area contributed by atoms with E-state index in [1.807, 2.05) is 0 Å². The summed E-state index contributed by atoms with van der Waals surface area (Å²) in [4.78, 5) is 25.2. The third-order valence-electron chi connectivity index (χ3n) is 4.11. The molecule has 0 atom stereocenters. The highest BCUT2D eigenvalue weighted by Gasteiger charge is 2.30.